The molecule has 1 aromatic carbocycles. The number of imidazole rings is 1. The van der Waals surface area contributed by atoms with Crippen molar-refractivity contribution in [2.75, 3.05) is 6.54 Å². The molecule has 0 fully saturated rings. The Morgan fingerprint density at radius 2 is 2.08 bits per heavy atom. The molecule has 2 N–H and O–H groups in total. The minimum Gasteiger partial charge on any atom is -0.357 e. The summed E-state index contributed by atoms with van der Waals surface area (Å²) < 4.78 is 26.4. The fraction of sp³-hybridized carbons (Fsp3) is 0.333. The lowest BCUT2D eigenvalue weighted by Gasteiger charge is -2.12. The first-order valence-corrected chi connectivity index (χ1v) is 7.55. The van der Waals surface area contributed by atoms with E-state index in [0.29, 0.717) is 24.1 Å². The lowest BCUT2D eigenvalue weighted by molar-refractivity contribution is 0.0668. The molecule has 0 amide bonds. The molecule has 1 heterocycles. The van der Waals surface area contributed by atoms with Crippen LogP contribution in [0.4, 0.5) is 8.78 Å². The molecule has 0 aliphatic rings. The minimum atomic E-state index is -2.61. The predicted molar refractivity (Wildman–Crippen MR) is 102 cm³/mol. The molecule has 24 heavy (non-hydrogen) atoms. The number of rotatable bonds is 6. The second-order valence-electron chi connectivity index (χ2n) is 4.67. The summed E-state index contributed by atoms with van der Waals surface area (Å²) in [6.45, 7) is 0.492. The Balaban J connectivity index is 0.00000288. The van der Waals surface area contributed by atoms with Crippen LogP contribution in [0, 0.1) is 0 Å². The van der Waals surface area contributed by atoms with Gasteiger partial charge in [0.15, 0.2) is 5.96 Å². The number of nitrogens with zero attached hydrogens (tertiary/aromatic N) is 3. The van der Waals surface area contributed by atoms with Gasteiger partial charge < -0.3 is 10.6 Å². The first-order chi connectivity index (χ1) is 11.1. The van der Waals surface area contributed by atoms with Gasteiger partial charge in [-0.3, -0.25) is 4.57 Å². The molecule has 0 bridgehead atoms. The molecule has 2 aromatic rings. The van der Waals surface area contributed by atoms with Crippen molar-refractivity contribution in [2.24, 2.45) is 4.99 Å². The fourth-order valence-electron chi connectivity index (χ4n) is 1.95. The van der Waals surface area contributed by atoms with Crippen LogP contribution in [0.1, 0.15) is 24.9 Å². The van der Waals surface area contributed by atoms with E-state index in [9.17, 15) is 8.78 Å². The number of alkyl halides is 2. The molecule has 0 saturated carbocycles. The number of benzene rings is 1. The number of aromatic nitrogens is 2. The first kappa shape index (κ1) is 20.6. The molecule has 2 rings (SSSR count). The average molecular weight is 470 g/mol. The number of hydrogen-bond acceptors (Lipinski definition) is 2. The van der Waals surface area contributed by atoms with Crippen molar-refractivity contribution in [3.05, 3.63) is 53.1 Å². The van der Waals surface area contributed by atoms with Crippen LogP contribution < -0.4 is 10.6 Å². The van der Waals surface area contributed by atoms with E-state index in [1.807, 2.05) is 25.1 Å². The van der Waals surface area contributed by atoms with Crippen molar-refractivity contribution < 1.29 is 8.78 Å². The summed E-state index contributed by atoms with van der Waals surface area (Å²) in [5.41, 5.74) is 0.889. The summed E-state index contributed by atoms with van der Waals surface area (Å²) >= 11 is 6.09. The van der Waals surface area contributed by atoms with Crippen LogP contribution in [-0.2, 0) is 13.1 Å². The van der Waals surface area contributed by atoms with Gasteiger partial charge in [0.05, 0.1) is 13.1 Å². The smallest absolute Gasteiger partial charge is 0.319 e. The number of hydrogen-bond donors (Lipinski definition) is 2. The molecule has 0 aliphatic heterocycles. The number of aliphatic imine (C=N–C) groups is 1. The van der Waals surface area contributed by atoms with Crippen LogP contribution in [0.25, 0.3) is 0 Å². The van der Waals surface area contributed by atoms with E-state index in [0.717, 1.165) is 10.1 Å². The van der Waals surface area contributed by atoms with Crippen molar-refractivity contribution in [2.45, 2.75) is 26.6 Å². The van der Waals surface area contributed by atoms with Gasteiger partial charge in [-0.05, 0) is 18.6 Å². The van der Waals surface area contributed by atoms with Crippen LogP contribution in [-0.4, -0.2) is 22.1 Å². The van der Waals surface area contributed by atoms with Crippen molar-refractivity contribution in [3.63, 3.8) is 0 Å². The summed E-state index contributed by atoms with van der Waals surface area (Å²) in [6.07, 6.45) is 2.59. The molecule has 0 atom stereocenters. The second-order valence-corrected chi connectivity index (χ2v) is 5.08. The zero-order chi connectivity index (χ0) is 16.7. The Kier molecular flexibility index (Phi) is 8.98. The third-order valence-corrected chi connectivity index (χ3v) is 3.45. The number of nitrogens with one attached hydrogen (secondary N) is 2. The summed E-state index contributed by atoms with van der Waals surface area (Å²) in [6, 6.07) is 7.42. The Hall–Kier alpha value is -1.42. The predicted octanol–water partition coefficient (Wildman–Crippen LogP) is 3.80. The lowest BCUT2D eigenvalue weighted by atomic mass is 10.2. The molecule has 0 saturated heterocycles. The van der Waals surface area contributed by atoms with E-state index < -0.39 is 6.55 Å². The summed E-state index contributed by atoms with van der Waals surface area (Å²) in [7, 11) is 0. The maximum Gasteiger partial charge on any atom is 0.319 e. The second kappa shape index (κ2) is 10.4. The molecule has 0 unspecified atom stereocenters. The van der Waals surface area contributed by atoms with Gasteiger partial charge in [-0.2, -0.15) is 8.78 Å². The van der Waals surface area contributed by atoms with Crippen molar-refractivity contribution in [3.8, 4) is 0 Å². The number of guanidine groups is 1. The van der Waals surface area contributed by atoms with E-state index in [1.54, 1.807) is 6.07 Å². The minimum absolute atomic E-state index is 0. The Morgan fingerprint density at radius 3 is 2.75 bits per heavy atom. The van der Waals surface area contributed by atoms with Gasteiger partial charge in [0, 0.05) is 24.0 Å². The summed E-state index contributed by atoms with van der Waals surface area (Å²) in [5, 5.41) is 6.68. The number of halogens is 4. The van der Waals surface area contributed by atoms with E-state index in [-0.39, 0.29) is 36.3 Å². The summed E-state index contributed by atoms with van der Waals surface area (Å²) in [4.78, 5) is 8.32. The summed E-state index contributed by atoms with van der Waals surface area (Å²) in [5.74, 6) is 0.750. The van der Waals surface area contributed by atoms with E-state index >= 15 is 0 Å². The molecule has 0 radical (unpaired) electrons. The van der Waals surface area contributed by atoms with Crippen molar-refractivity contribution >= 4 is 41.5 Å². The van der Waals surface area contributed by atoms with Crippen molar-refractivity contribution in [1.82, 2.24) is 20.2 Å². The van der Waals surface area contributed by atoms with Gasteiger partial charge in [-0.1, -0.05) is 29.8 Å². The monoisotopic (exact) mass is 469 g/mol. The van der Waals surface area contributed by atoms with E-state index in [1.165, 1.54) is 12.4 Å². The largest absolute Gasteiger partial charge is 0.357 e. The van der Waals surface area contributed by atoms with E-state index in [4.69, 9.17) is 11.6 Å². The molecular weight excluding hydrogens is 451 g/mol. The normalized spacial score (nSPS) is 11.3. The highest BCUT2D eigenvalue weighted by atomic mass is 127. The molecule has 1 aromatic heterocycles. The quantitative estimate of drug-likeness (QED) is 0.384. The molecule has 9 heteroatoms. The van der Waals surface area contributed by atoms with Crippen LogP contribution in [0.5, 0.6) is 0 Å². The SMILES string of the molecule is CCNC(=NCc1ccccc1Cl)NCc1nccn1C(F)F.I. The van der Waals surface area contributed by atoms with Gasteiger partial charge in [0.1, 0.15) is 5.82 Å². The highest BCUT2D eigenvalue weighted by Gasteiger charge is 2.11. The fourth-order valence-corrected chi connectivity index (χ4v) is 2.15. The molecule has 0 spiro atoms. The Labute approximate surface area is 161 Å². The average Bonchev–Trinajstić information content (AvgIpc) is 3.00. The van der Waals surface area contributed by atoms with Crippen LogP contribution in [0.3, 0.4) is 0 Å². The third kappa shape index (κ3) is 5.90. The standard InChI is InChI=1S/C15H18ClF2N5.HI/c1-2-19-15(21-9-11-5-3-4-6-12(11)16)22-10-13-20-7-8-23(13)14(17)18;/h3-8,14H,2,9-10H2,1H3,(H2,19,21,22);1H. The third-order valence-electron chi connectivity index (χ3n) is 3.08. The van der Waals surface area contributed by atoms with Gasteiger partial charge in [-0.15, -0.1) is 24.0 Å². The molecular formula is C15H19ClF2IN5. The Morgan fingerprint density at radius 1 is 1.33 bits per heavy atom. The maximum absolute atomic E-state index is 12.8. The first-order valence-electron chi connectivity index (χ1n) is 7.17. The highest BCUT2D eigenvalue weighted by molar-refractivity contribution is 14.0. The molecule has 5 nitrogen and oxygen atoms in total. The zero-order valence-corrected chi connectivity index (χ0v) is 16.1. The highest BCUT2D eigenvalue weighted by Crippen LogP contribution is 2.15. The van der Waals surface area contributed by atoms with Gasteiger partial charge in [-0.25, -0.2) is 9.98 Å². The van der Waals surface area contributed by atoms with Crippen molar-refractivity contribution in [1.29, 1.82) is 0 Å². The van der Waals surface area contributed by atoms with Gasteiger partial charge >= 0.3 is 6.55 Å². The Bertz CT molecular complexity index is 663. The zero-order valence-electron chi connectivity index (χ0n) is 13.0. The van der Waals surface area contributed by atoms with Gasteiger partial charge in [0.25, 0.3) is 0 Å². The molecule has 132 valence electrons. The van der Waals surface area contributed by atoms with Gasteiger partial charge in [0.2, 0.25) is 0 Å². The lowest BCUT2D eigenvalue weighted by Crippen LogP contribution is -2.37. The maximum atomic E-state index is 12.8. The van der Waals surface area contributed by atoms with Crippen LogP contribution >= 0.6 is 35.6 Å². The molecule has 0 aliphatic carbocycles. The van der Waals surface area contributed by atoms with E-state index in [2.05, 4.69) is 20.6 Å². The van der Waals surface area contributed by atoms with Crippen LogP contribution in [0.2, 0.25) is 5.02 Å². The topological polar surface area (TPSA) is 54.2 Å². The van der Waals surface area contributed by atoms with Crippen LogP contribution in [0.15, 0.2) is 41.7 Å².